The van der Waals surface area contributed by atoms with Crippen molar-refractivity contribution in [2.45, 2.75) is 26.4 Å². The Balaban J connectivity index is 1.64. The van der Waals surface area contributed by atoms with Crippen molar-refractivity contribution in [3.8, 4) is 11.5 Å². The second kappa shape index (κ2) is 7.64. The molecule has 0 aromatic heterocycles. The van der Waals surface area contributed by atoms with Crippen LogP contribution in [-0.2, 0) is 10.3 Å². The molecule has 4 aromatic carbocycles. The number of nitrogens with one attached hydrogen (secondary N) is 2. The van der Waals surface area contributed by atoms with Gasteiger partial charge in [-0.15, -0.1) is 0 Å². The van der Waals surface area contributed by atoms with Gasteiger partial charge in [0.2, 0.25) is 0 Å². The van der Waals surface area contributed by atoms with E-state index in [1.54, 1.807) is 0 Å². The normalized spacial score (nSPS) is 17.2. The molecule has 174 valence electrons. The van der Waals surface area contributed by atoms with Gasteiger partial charge in [0, 0.05) is 29.5 Å². The zero-order chi connectivity index (χ0) is 24.3. The Morgan fingerprint density at radius 2 is 1.60 bits per heavy atom. The molecule has 2 heterocycles. The zero-order valence-corrected chi connectivity index (χ0v) is 20.2. The summed E-state index contributed by atoms with van der Waals surface area (Å²) in [5, 5.41) is 6.84. The summed E-state index contributed by atoms with van der Waals surface area (Å²) in [5.74, 6) is 0.984. The Morgan fingerprint density at radius 1 is 0.771 bits per heavy atom. The maximum Gasteiger partial charge on any atom is 0.340 e. The monoisotopic (exact) mass is 462 g/mol. The molecule has 0 radical (unpaired) electrons. The van der Waals surface area contributed by atoms with Crippen molar-refractivity contribution < 1.29 is 14.3 Å². The number of carbonyl (C=O) groups is 1. The molecule has 0 fully saturated rings. The van der Waals surface area contributed by atoms with Crippen LogP contribution in [0.1, 0.15) is 43.7 Å². The number of hydrogen-bond acceptors (Lipinski definition) is 5. The van der Waals surface area contributed by atoms with Crippen molar-refractivity contribution in [3.63, 3.8) is 0 Å². The lowest BCUT2D eigenvalue weighted by atomic mass is 9.76. The minimum absolute atomic E-state index is 0.341. The van der Waals surface area contributed by atoms with Gasteiger partial charge in [-0.25, -0.2) is 4.79 Å². The minimum atomic E-state index is -1.14. The number of anilines is 3. The molecule has 0 aliphatic carbocycles. The topological polar surface area (TPSA) is 59.6 Å². The predicted molar refractivity (Wildman–Crippen MR) is 138 cm³/mol. The summed E-state index contributed by atoms with van der Waals surface area (Å²) in [7, 11) is 1.87. The van der Waals surface area contributed by atoms with Gasteiger partial charge in [0.1, 0.15) is 11.5 Å². The van der Waals surface area contributed by atoms with E-state index in [1.165, 1.54) is 16.7 Å². The molecule has 0 saturated heterocycles. The molecule has 5 nitrogen and oxygen atoms in total. The fraction of sp³-hybridized carbons (Fsp3) is 0.167. The summed E-state index contributed by atoms with van der Waals surface area (Å²) in [5.41, 5.74) is 8.23. The zero-order valence-electron chi connectivity index (χ0n) is 20.2. The molecule has 2 N–H and O–H groups in total. The molecule has 2 aliphatic rings. The molecule has 2 aliphatic heterocycles. The highest BCUT2D eigenvalue weighted by molar-refractivity contribution is 5.98. The van der Waals surface area contributed by atoms with Gasteiger partial charge >= 0.3 is 5.97 Å². The van der Waals surface area contributed by atoms with Crippen molar-refractivity contribution in [1.82, 2.24) is 0 Å². The van der Waals surface area contributed by atoms with Crippen LogP contribution in [0, 0.1) is 20.8 Å². The molecule has 0 bridgehead atoms. The number of carbonyl (C=O) groups excluding carboxylic acids is 1. The first-order valence-corrected chi connectivity index (χ1v) is 11.7. The van der Waals surface area contributed by atoms with Crippen LogP contribution in [0.15, 0.2) is 72.8 Å². The Labute approximate surface area is 204 Å². The van der Waals surface area contributed by atoms with Crippen LogP contribution in [0.3, 0.4) is 0 Å². The highest BCUT2D eigenvalue weighted by Gasteiger charge is 2.54. The minimum Gasteiger partial charge on any atom is -0.456 e. The fourth-order valence-electron chi connectivity index (χ4n) is 5.23. The van der Waals surface area contributed by atoms with E-state index in [4.69, 9.17) is 9.47 Å². The predicted octanol–water partition coefficient (Wildman–Crippen LogP) is 6.97. The van der Waals surface area contributed by atoms with Crippen LogP contribution < -0.4 is 15.4 Å². The molecule has 1 spiro atoms. The summed E-state index contributed by atoms with van der Waals surface area (Å²) in [4.78, 5) is 13.2. The third kappa shape index (κ3) is 2.98. The molecule has 0 amide bonds. The summed E-state index contributed by atoms with van der Waals surface area (Å²) in [6.07, 6.45) is 0. The number of benzene rings is 4. The van der Waals surface area contributed by atoms with Crippen molar-refractivity contribution in [2.75, 3.05) is 17.7 Å². The Kier molecular flexibility index (Phi) is 4.65. The van der Waals surface area contributed by atoms with Gasteiger partial charge in [-0.05, 0) is 79.9 Å². The fourth-order valence-corrected chi connectivity index (χ4v) is 5.23. The number of esters is 1. The first kappa shape index (κ1) is 21.3. The SMILES string of the molecule is CNc1ccc2c(c1)C1(OC(=O)c3ccccc31)c1c(Nc3ccc(C)c(C)c3C)cccc1O2. The van der Waals surface area contributed by atoms with Crippen molar-refractivity contribution in [2.24, 2.45) is 0 Å². The molecule has 6 rings (SSSR count). The second-order valence-corrected chi connectivity index (χ2v) is 9.16. The van der Waals surface area contributed by atoms with Gasteiger partial charge in [0.25, 0.3) is 0 Å². The Bertz CT molecular complexity index is 1520. The van der Waals surface area contributed by atoms with Crippen LogP contribution in [-0.4, -0.2) is 13.0 Å². The van der Waals surface area contributed by atoms with Gasteiger partial charge in [0.05, 0.1) is 16.8 Å². The van der Waals surface area contributed by atoms with Crippen molar-refractivity contribution in [1.29, 1.82) is 0 Å². The summed E-state index contributed by atoms with van der Waals surface area (Å²) < 4.78 is 12.8. The molecule has 1 atom stereocenters. The average molecular weight is 463 g/mol. The summed E-state index contributed by atoms with van der Waals surface area (Å²) >= 11 is 0. The largest absolute Gasteiger partial charge is 0.456 e. The molecule has 35 heavy (non-hydrogen) atoms. The highest BCUT2D eigenvalue weighted by Crippen LogP contribution is 2.58. The van der Waals surface area contributed by atoms with Crippen LogP contribution in [0.5, 0.6) is 11.5 Å². The van der Waals surface area contributed by atoms with E-state index in [-0.39, 0.29) is 5.97 Å². The van der Waals surface area contributed by atoms with E-state index in [0.717, 1.165) is 33.8 Å². The number of rotatable bonds is 3. The van der Waals surface area contributed by atoms with Crippen LogP contribution >= 0.6 is 0 Å². The highest BCUT2D eigenvalue weighted by atomic mass is 16.6. The number of ether oxygens (including phenoxy) is 2. The standard InChI is InChI=1S/C30H26N2O3/c1-17-12-14-24(19(3)18(17)2)32-25-10-7-11-27-28(25)30(22-9-6-5-8-21(22)29(33)35-30)23-16-20(31-4)13-15-26(23)34-27/h5-16,31-32H,1-4H3. The third-order valence-corrected chi connectivity index (χ3v) is 7.35. The molecular formula is C30H26N2O3. The van der Waals surface area contributed by atoms with E-state index >= 15 is 0 Å². The van der Waals surface area contributed by atoms with Gasteiger partial charge in [-0.3, -0.25) is 0 Å². The van der Waals surface area contributed by atoms with Gasteiger partial charge in [-0.1, -0.05) is 30.3 Å². The van der Waals surface area contributed by atoms with E-state index in [1.807, 2.05) is 67.7 Å². The summed E-state index contributed by atoms with van der Waals surface area (Å²) in [6, 6.07) is 23.6. The molecular weight excluding hydrogens is 436 g/mol. The Hall–Kier alpha value is -4.25. The smallest absolute Gasteiger partial charge is 0.340 e. The van der Waals surface area contributed by atoms with Crippen molar-refractivity contribution >= 4 is 23.0 Å². The second-order valence-electron chi connectivity index (χ2n) is 9.16. The molecule has 1 unspecified atom stereocenters. The molecule has 4 aromatic rings. The summed E-state index contributed by atoms with van der Waals surface area (Å²) in [6.45, 7) is 6.36. The van der Waals surface area contributed by atoms with Crippen LogP contribution in [0.4, 0.5) is 17.1 Å². The molecule has 5 heteroatoms. The lowest BCUT2D eigenvalue weighted by molar-refractivity contribution is 0.0227. The van der Waals surface area contributed by atoms with E-state index in [9.17, 15) is 4.79 Å². The Morgan fingerprint density at radius 3 is 2.43 bits per heavy atom. The lowest BCUT2D eigenvalue weighted by Gasteiger charge is -2.38. The number of aryl methyl sites for hydroxylation is 1. The first-order chi connectivity index (χ1) is 16.9. The van der Waals surface area contributed by atoms with Crippen molar-refractivity contribution in [3.05, 3.63) is 112 Å². The number of fused-ring (bicyclic) bond motifs is 6. The quantitative estimate of drug-likeness (QED) is 0.322. The number of hydrogen-bond donors (Lipinski definition) is 2. The van der Waals surface area contributed by atoms with Crippen LogP contribution in [0.2, 0.25) is 0 Å². The van der Waals surface area contributed by atoms with Gasteiger partial charge in [-0.2, -0.15) is 0 Å². The average Bonchev–Trinajstić information content (AvgIpc) is 3.17. The third-order valence-electron chi connectivity index (χ3n) is 7.35. The first-order valence-electron chi connectivity index (χ1n) is 11.7. The van der Waals surface area contributed by atoms with E-state index in [2.05, 4.69) is 43.5 Å². The lowest BCUT2D eigenvalue weighted by Crippen LogP contribution is -2.34. The maximum atomic E-state index is 13.2. The maximum absolute atomic E-state index is 13.2. The van der Waals surface area contributed by atoms with E-state index < -0.39 is 5.60 Å². The van der Waals surface area contributed by atoms with Gasteiger partial charge < -0.3 is 20.1 Å². The van der Waals surface area contributed by atoms with Crippen LogP contribution in [0.25, 0.3) is 0 Å². The van der Waals surface area contributed by atoms with Gasteiger partial charge in [0.15, 0.2) is 5.60 Å². The van der Waals surface area contributed by atoms with E-state index in [0.29, 0.717) is 17.1 Å². The molecule has 0 saturated carbocycles.